The number of halogens is 1. The van der Waals surface area contributed by atoms with Gasteiger partial charge in [-0.1, -0.05) is 0 Å². The van der Waals surface area contributed by atoms with Crippen molar-refractivity contribution in [1.82, 2.24) is 15.0 Å². The molecule has 0 atom stereocenters. The van der Waals surface area contributed by atoms with E-state index < -0.39 is 61.9 Å². The lowest BCUT2D eigenvalue weighted by atomic mass is 10.1. The molecule has 4 rings (SSSR count). The lowest BCUT2D eigenvalue weighted by Gasteiger charge is -2.39. The number of hydrogen-bond acceptors (Lipinski definition) is 12. The molecule has 15 heteroatoms. The third kappa shape index (κ3) is 6.31. The van der Waals surface area contributed by atoms with E-state index in [1.54, 1.807) is 12.1 Å². The topological polar surface area (TPSA) is 168 Å². The number of carbonyl (C=O) groups excluding carboxylic acids is 1. The van der Waals surface area contributed by atoms with Crippen molar-refractivity contribution in [3.05, 3.63) is 59.0 Å². The molecule has 0 spiro atoms. The van der Waals surface area contributed by atoms with E-state index in [-0.39, 0.29) is 28.5 Å². The maximum Gasteiger partial charge on any atom is 0.273 e. The number of rotatable bonds is 10. The molecule has 2 aromatic heterocycles. The molecular formula is C25H26FN4O9P-2. The molecule has 1 amide bonds. The van der Waals surface area contributed by atoms with E-state index >= 15 is 0 Å². The van der Waals surface area contributed by atoms with E-state index in [9.17, 15) is 23.5 Å². The van der Waals surface area contributed by atoms with Gasteiger partial charge in [-0.15, -0.1) is 0 Å². The molecule has 40 heavy (non-hydrogen) atoms. The molecule has 1 aliphatic heterocycles. The van der Waals surface area contributed by atoms with Crippen molar-refractivity contribution in [2.45, 2.75) is 32.3 Å². The summed E-state index contributed by atoms with van der Waals surface area (Å²) in [7, 11) is -1.66. The lowest BCUT2D eigenvalue weighted by Crippen LogP contribution is -2.53. The number of anilines is 1. The summed E-state index contributed by atoms with van der Waals surface area (Å²) < 4.78 is 84.8. The van der Waals surface area contributed by atoms with Crippen molar-refractivity contribution < 1.29 is 52.5 Å². The van der Waals surface area contributed by atoms with Crippen LogP contribution < -0.4 is 33.6 Å². The number of pyridine rings is 1. The van der Waals surface area contributed by atoms with Crippen LogP contribution in [0.3, 0.4) is 0 Å². The van der Waals surface area contributed by atoms with E-state index in [2.05, 4.69) is 19.5 Å². The first-order valence-electron chi connectivity index (χ1n) is 13.5. The fraction of sp³-hybridized carbons (Fsp3) is 0.360. The fourth-order valence-corrected chi connectivity index (χ4v) is 3.95. The maximum atomic E-state index is 14.9. The Kier molecular flexibility index (Phi) is 6.80. The molecule has 1 aromatic carbocycles. The fourth-order valence-electron chi connectivity index (χ4n) is 3.77. The second-order valence-electron chi connectivity index (χ2n) is 8.81. The maximum absolute atomic E-state index is 14.9. The Balaban J connectivity index is 1.76. The molecule has 0 aliphatic carbocycles. The highest BCUT2D eigenvalue weighted by atomic mass is 31.2. The number of amides is 1. The Morgan fingerprint density at radius 2 is 1.80 bits per heavy atom. The summed E-state index contributed by atoms with van der Waals surface area (Å²) in [6, 6.07) is 2.06. The van der Waals surface area contributed by atoms with Gasteiger partial charge in [-0.3, -0.25) is 9.69 Å². The quantitative estimate of drug-likeness (QED) is 0.318. The van der Waals surface area contributed by atoms with Gasteiger partial charge in [0.2, 0.25) is 5.75 Å². The number of ether oxygens (including phenoxy) is 4. The van der Waals surface area contributed by atoms with Crippen LogP contribution in [-0.2, 0) is 26.7 Å². The lowest BCUT2D eigenvalue weighted by molar-refractivity contribution is -0.341. The molecular weight excluding hydrogens is 550 g/mol. The predicted molar refractivity (Wildman–Crippen MR) is 134 cm³/mol. The molecule has 13 nitrogen and oxygen atoms in total. The zero-order chi connectivity index (χ0) is 32.8. The molecule has 0 saturated carbocycles. The molecule has 3 heterocycles. The smallest absolute Gasteiger partial charge is 0.273 e. The van der Waals surface area contributed by atoms with Crippen LogP contribution in [0.15, 0.2) is 30.4 Å². The largest absolute Gasteiger partial charge is 0.790 e. The number of nitrogens with zero attached hydrogens (tertiary/aromatic N) is 4. The third-order valence-corrected chi connectivity index (χ3v) is 5.89. The van der Waals surface area contributed by atoms with Crippen molar-refractivity contribution in [3.8, 4) is 23.0 Å². The van der Waals surface area contributed by atoms with E-state index in [1.807, 2.05) is 0 Å². The monoisotopic (exact) mass is 580 g/mol. The van der Waals surface area contributed by atoms with E-state index in [1.165, 1.54) is 35.2 Å². The Bertz CT molecular complexity index is 1650. The van der Waals surface area contributed by atoms with Gasteiger partial charge in [0.25, 0.3) is 5.91 Å². The number of aromatic nitrogens is 3. The van der Waals surface area contributed by atoms with Crippen LogP contribution in [0.4, 0.5) is 10.2 Å². The SMILES string of the molecule is [2H]c1c(Cc2nc(Cc3cc(OC)c(OC)c(OC)c3)ncc2F)nc2c(c1[2H])OC(C)(C)C(=O)N2C([2H])([2H])OP(=O)([O-])[O-]. The molecule has 3 aromatic rings. The second kappa shape index (κ2) is 11.3. The average molecular weight is 580 g/mol. The first kappa shape index (κ1) is 24.0. The van der Waals surface area contributed by atoms with Gasteiger partial charge in [-0.2, -0.15) is 0 Å². The van der Waals surface area contributed by atoms with Crippen molar-refractivity contribution in [2.75, 3.05) is 32.9 Å². The van der Waals surface area contributed by atoms with Gasteiger partial charge in [-0.05, 0) is 43.6 Å². The number of hydrogen-bond donors (Lipinski definition) is 0. The average Bonchev–Trinajstić information content (AvgIpc) is 2.92. The van der Waals surface area contributed by atoms with Gasteiger partial charge in [-0.25, -0.2) is 19.3 Å². The molecule has 0 N–H and O–H groups in total. The molecule has 0 radical (unpaired) electrons. The number of fused-ring (bicyclic) bond motifs is 1. The Labute approximate surface area is 234 Å². The van der Waals surface area contributed by atoms with Gasteiger partial charge in [0, 0.05) is 18.5 Å². The highest BCUT2D eigenvalue weighted by molar-refractivity contribution is 7.43. The molecule has 0 unspecified atom stereocenters. The summed E-state index contributed by atoms with van der Waals surface area (Å²) in [6.45, 7) is -1.21. The Hall–Kier alpha value is -3.84. The highest BCUT2D eigenvalue weighted by Crippen LogP contribution is 2.39. The van der Waals surface area contributed by atoms with Gasteiger partial charge in [0.05, 0.1) is 46.5 Å². The zero-order valence-corrected chi connectivity index (χ0v) is 22.8. The normalized spacial score (nSPS) is 16.2. The first-order valence-corrected chi connectivity index (χ1v) is 12.9. The Morgan fingerprint density at radius 1 is 1.12 bits per heavy atom. The molecule has 214 valence electrons. The second-order valence-corrected chi connectivity index (χ2v) is 9.89. The van der Waals surface area contributed by atoms with Crippen LogP contribution in [0.25, 0.3) is 0 Å². The van der Waals surface area contributed by atoms with Gasteiger partial charge < -0.3 is 37.8 Å². The van der Waals surface area contributed by atoms with E-state index in [0.717, 1.165) is 6.20 Å². The van der Waals surface area contributed by atoms with Gasteiger partial charge in [0.15, 0.2) is 34.5 Å². The van der Waals surface area contributed by atoms with Crippen LogP contribution in [-0.4, -0.2) is 54.5 Å². The number of benzene rings is 1. The number of phosphoric acid groups is 1. The minimum absolute atomic E-state index is 0.0756. The van der Waals surface area contributed by atoms with Crippen molar-refractivity contribution >= 4 is 19.5 Å². The summed E-state index contributed by atoms with van der Waals surface area (Å²) in [4.78, 5) is 48.1. The Morgan fingerprint density at radius 3 is 2.40 bits per heavy atom. The summed E-state index contributed by atoms with van der Waals surface area (Å²) in [5.41, 5.74) is -1.88. The highest BCUT2D eigenvalue weighted by Gasteiger charge is 2.42. The number of phosphoric ester groups is 1. The van der Waals surface area contributed by atoms with Crippen LogP contribution in [0, 0.1) is 5.82 Å². The number of methoxy groups -OCH3 is 3. The first-order chi connectivity index (χ1) is 20.4. The molecule has 0 saturated heterocycles. The van der Waals surface area contributed by atoms with Crippen LogP contribution in [0.2, 0.25) is 0 Å². The third-order valence-electron chi connectivity index (χ3n) is 5.58. The molecule has 0 fully saturated rings. The summed E-state index contributed by atoms with van der Waals surface area (Å²) in [5.74, 6) is -2.20. The standard InChI is InChI=1S/C25H28FN4O9P/c1-25(2)24(31)30(13-38-40(32,33)34)23-18(39-25)7-6-15(28-23)11-17-16(26)12-27-21(29-17)10-14-8-19(35-3)22(37-5)20(9-14)36-4/h6-9,12H,10-11,13H2,1-5H3,(H2,32,33,34)/p-2/i6D,7D,13D2. The van der Waals surface area contributed by atoms with Gasteiger partial charge in [0.1, 0.15) is 12.5 Å². The van der Waals surface area contributed by atoms with Gasteiger partial charge >= 0.3 is 0 Å². The summed E-state index contributed by atoms with van der Waals surface area (Å²) in [5, 5.41) is 0. The summed E-state index contributed by atoms with van der Waals surface area (Å²) >= 11 is 0. The van der Waals surface area contributed by atoms with Crippen LogP contribution in [0.5, 0.6) is 23.0 Å². The van der Waals surface area contributed by atoms with Crippen molar-refractivity contribution in [1.29, 1.82) is 0 Å². The van der Waals surface area contributed by atoms with Crippen molar-refractivity contribution in [2.24, 2.45) is 0 Å². The minimum atomic E-state index is -5.99. The predicted octanol–water partition coefficient (Wildman–Crippen LogP) is 1.52. The summed E-state index contributed by atoms with van der Waals surface area (Å²) in [6.07, 6.45) is 0.435. The van der Waals surface area contributed by atoms with Crippen molar-refractivity contribution in [3.63, 3.8) is 0 Å². The molecule has 1 aliphatic rings. The number of carbonyl (C=O) groups is 1. The van der Waals surface area contributed by atoms with Crippen LogP contribution >= 0.6 is 7.82 Å². The zero-order valence-electron chi connectivity index (χ0n) is 25.9. The van der Waals surface area contributed by atoms with Crippen LogP contribution in [0.1, 0.15) is 42.1 Å². The van der Waals surface area contributed by atoms with E-state index in [4.69, 9.17) is 24.4 Å². The minimum Gasteiger partial charge on any atom is -0.790 e. The van der Waals surface area contributed by atoms with E-state index in [0.29, 0.717) is 22.8 Å². The molecule has 0 bridgehead atoms.